The number of carboxylic acids is 2. The van der Waals surface area contributed by atoms with Crippen molar-refractivity contribution in [2.24, 2.45) is 10.2 Å². The predicted octanol–water partition coefficient (Wildman–Crippen LogP) is 2.96. The van der Waals surface area contributed by atoms with E-state index in [9.17, 15) is 19.8 Å². The van der Waals surface area contributed by atoms with E-state index in [0.717, 1.165) is 21.5 Å². The molecule has 3 rings (SSSR count). The van der Waals surface area contributed by atoms with Gasteiger partial charge >= 0.3 is 11.9 Å². The normalized spacial score (nSPS) is 15.7. The molecule has 0 bridgehead atoms. The Kier molecular flexibility index (Phi) is 5.28. The maximum Gasteiger partial charge on any atom is 0.327 e. The topological polar surface area (TPSA) is 124 Å². The quantitative estimate of drug-likeness (QED) is 0.637. The molecule has 0 saturated heterocycles. The highest BCUT2D eigenvalue weighted by Gasteiger charge is 2.28. The zero-order valence-corrected chi connectivity index (χ0v) is 15.3. The van der Waals surface area contributed by atoms with Crippen LogP contribution in [0.25, 0.3) is 6.08 Å². The van der Waals surface area contributed by atoms with Gasteiger partial charge in [0.25, 0.3) is 0 Å². The highest BCUT2D eigenvalue weighted by Crippen LogP contribution is 2.33. The monoisotopic (exact) mass is 403 g/mol. The number of rotatable bonds is 6. The molecule has 10 heteroatoms. The Hall–Kier alpha value is -3.11. The molecular weight excluding hydrogens is 390 g/mol. The molecule has 0 radical (unpaired) electrons. The summed E-state index contributed by atoms with van der Waals surface area (Å²) in [4.78, 5) is 22.7. The van der Waals surface area contributed by atoms with Crippen LogP contribution in [0.2, 0.25) is 0 Å². The highest BCUT2D eigenvalue weighted by atomic mass is 32.1. The molecule has 0 spiro atoms. The van der Waals surface area contributed by atoms with Crippen LogP contribution in [0.4, 0.5) is 0 Å². The van der Waals surface area contributed by atoms with Gasteiger partial charge in [-0.1, -0.05) is 30.3 Å². The van der Waals surface area contributed by atoms with Gasteiger partial charge in [0.1, 0.15) is 11.8 Å². The van der Waals surface area contributed by atoms with Crippen LogP contribution in [-0.2, 0) is 9.59 Å². The first-order valence-electron chi connectivity index (χ1n) is 7.66. The van der Waals surface area contributed by atoms with Crippen molar-refractivity contribution in [1.82, 2.24) is 4.57 Å². The van der Waals surface area contributed by atoms with Gasteiger partial charge in [0.15, 0.2) is 3.95 Å². The summed E-state index contributed by atoms with van der Waals surface area (Å²) < 4.78 is 0.995. The third-order valence-electron chi connectivity index (χ3n) is 3.77. The van der Waals surface area contributed by atoms with Crippen LogP contribution < -0.4 is 0 Å². The molecule has 2 heterocycles. The Labute approximate surface area is 162 Å². The van der Waals surface area contributed by atoms with Gasteiger partial charge in [0.2, 0.25) is 5.88 Å². The van der Waals surface area contributed by atoms with Gasteiger partial charge in [-0.15, -0.1) is 16.4 Å². The summed E-state index contributed by atoms with van der Waals surface area (Å²) in [5.74, 6) is -3.11. The molecule has 1 aliphatic rings. The minimum atomic E-state index is -1.50. The van der Waals surface area contributed by atoms with E-state index in [1.807, 2.05) is 30.3 Å². The van der Waals surface area contributed by atoms with E-state index in [1.54, 1.807) is 6.08 Å². The van der Waals surface area contributed by atoms with Crippen LogP contribution >= 0.6 is 23.6 Å². The Morgan fingerprint density at radius 1 is 1.26 bits per heavy atom. The van der Waals surface area contributed by atoms with Crippen molar-refractivity contribution in [2.45, 2.75) is 12.5 Å². The van der Waals surface area contributed by atoms with E-state index in [4.69, 9.17) is 17.3 Å². The molecule has 1 unspecified atom stereocenters. The van der Waals surface area contributed by atoms with Gasteiger partial charge in [0, 0.05) is 11.1 Å². The summed E-state index contributed by atoms with van der Waals surface area (Å²) in [6.45, 7) is 0. The Morgan fingerprint density at radius 3 is 2.59 bits per heavy atom. The first-order chi connectivity index (χ1) is 12.9. The number of aliphatic carboxylic acids is 2. The molecule has 2 aromatic rings. The Balaban J connectivity index is 2.02. The number of hydrogen-bond donors (Lipinski definition) is 3. The van der Waals surface area contributed by atoms with Gasteiger partial charge < -0.3 is 15.3 Å². The van der Waals surface area contributed by atoms with E-state index in [2.05, 4.69) is 10.2 Å². The van der Waals surface area contributed by atoms with Gasteiger partial charge in [-0.25, -0.2) is 4.79 Å². The zero-order chi connectivity index (χ0) is 19.6. The lowest BCUT2D eigenvalue weighted by Gasteiger charge is -2.12. The maximum atomic E-state index is 11.4. The molecular formula is C17H13N3O5S2. The average molecular weight is 403 g/mol. The van der Waals surface area contributed by atoms with Crippen molar-refractivity contribution in [2.75, 3.05) is 0 Å². The lowest BCUT2D eigenvalue weighted by Crippen LogP contribution is -2.22. The lowest BCUT2D eigenvalue weighted by molar-refractivity contribution is -0.147. The van der Waals surface area contributed by atoms with E-state index in [-0.39, 0.29) is 3.95 Å². The van der Waals surface area contributed by atoms with Crippen molar-refractivity contribution in [1.29, 1.82) is 0 Å². The van der Waals surface area contributed by atoms with Crippen molar-refractivity contribution in [3.8, 4) is 5.88 Å². The van der Waals surface area contributed by atoms with Crippen LogP contribution in [0.3, 0.4) is 0 Å². The minimum Gasteiger partial charge on any atom is -0.493 e. The third kappa shape index (κ3) is 3.86. The number of carbonyl (C=O) groups is 2. The molecule has 1 aromatic heterocycles. The standard InChI is InChI=1S/C17H13N3O5S2/c21-13(22)7-11(16(24)25)20-15(23)12(27-17(20)26)6-10-8-18-19-14(10)9-4-2-1-3-5-9/h1-6,8,11,23H,7H2,(H,21,22)(H,24,25)/b10-6+. The largest absolute Gasteiger partial charge is 0.493 e. The summed E-state index contributed by atoms with van der Waals surface area (Å²) in [5.41, 5.74) is 2.05. The van der Waals surface area contributed by atoms with E-state index in [1.165, 1.54) is 6.21 Å². The average Bonchev–Trinajstić information content (AvgIpc) is 3.19. The van der Waals surface area contributed by atoms with Crippen molar-refractivity contribution in [3.05, 3.63) is 50.3 Å². The van der Waals surface area contributed by atoms with Crippen LogP contribution in [-0.4, -0.2) is 43.8 Å². The fraction of sp³-hybridized carbons (Fsp3) is 0.118. The predicted molar refractivity (Wildman–Crippen MR) is 103 cm³/mol. The van der Waals surface area contributed by atoms with Crippen molar-refractivity contribution in [3.63, 3.8) is 0 Å². The number of allylic oxidation sites excluding steroid dienone is 1. The molecule has 1 aromatic carbocycles. The third-order valence-corrected chi connectivity index (χ3v) is 5.11. The number of benzene rings is 1. The molecule has 8 nitrogen and oxygen atoms in total. The first-order valence-corrected chi connectivity index (χ1v) is 8.88. The molecule has 1 atom stereocenters. The van der Waals surface area contributed by atoms with Gasteiger partial charge in [-0.3, -0.25) is 9.36 Å². The summed E-state index contributed by atoms with van der Waals surface area (Å²) in [5, 5.41) is 36.7. The molecule has 3 N–H and O–H groups in total. The number of carboxylic acid groups (broad SMARTS) is 2. The van der Waals surface area contributed by atoms with E-state index >= 15 is 0 Å². The lowest BCUT2D eigenvalue weighted by atomic mass is 10.0. The molecule has 0 aliphatic carbocycles. The van der Waals surface area contributed by atoms with Crippen LogP contribution in [0.15, 0.2) is 46.1 Å². The summed E-state index contributed by atoms with van der Waals surface area (Å²) in [6, 6.07) is 7.81. The molecule has 0 fully saturated rings. The van der Waals surface area contributed by atoms with Crippen LogP contribution in [0, 0.1) is 3.95 Å². The van der Waals surface area contributed by atoms with Crippen molar-refractivity contribution >= 4 is 53.5 Å². The summed E-state index contributed by atoms with van der Waals surface area (Å²) in [6.07, 6.45) is 2.40. The maximum absolute atomic E-state index is 11.4. The number of nitrogens with zero attached hydrogens (tertiary/aromatic N) is 3. The van der Waals surface area contributed by atoms with Crippen LogP contribution in [0.1, 0.15) is 22.9 Å². The van der Waals surface area contributed by atoms with Crippen molar-refractivity contribution < 1.29 is 24.9 Å². The second kappa shape index (κ2) is 7.64. The van der Waals surface area contributed by atoms with Gasteiger partial charge in [0.05, 0.1) is 17.5 Å². The van der Waals surface area contributed by atoms with Gasteiger partial charge in [-0.2, -0.15) is 5.10 Å². The molecule has 138 valence electrons. The second-order valence-electron chi connectivity index (χ2n) is 5.54. The van der Waals surface area contributed by atoms with E-state index < -0.39 is 30.3 Å². The SMILES string of the molecule is O=C(O)CC(C(=O)O)n1c(O)c(/C=C2\C=NN=C2c2ccccc2)sc1=S. The second-order valence-corrected chi connectivity index (χ2v) is 7.21. The zero-order valence-electron chi connectivity index (χ0n) is 13.6. The summed E-state index contributed by atoms with van der Waals surface area (Å²) in [7, 11) is 0. The first kappa shape index (κ1) is 18.7. The fourth-order valence-electron chi connectivity index (χ4n) is 2.55. The minimum absolute atomic E-state index is 0.0566. The Bertz CT molecular complexity index is 1050. The fourth-order valence-corrected chi connectivity index (χ4v) is 3.91. The number of thiazole rings is 1. The van der Waals surface area contributed by atoms with Crippen LogP contribution in [0.5, 0.6) is 5.88 Å². The number of aromatic hydroxyl groups is 1. The van der Waals surface area contributed by atoms with E-state index in [0.29, 0.717) is 16.2 Å². The molecule has 0 saturated carbocycles. The summed E-state index contributed by atoms with van der Waals surface area (Å²) >= 11 is 6.12. The molecule has 27 heavy (non-hydrogen) atoms. The highest BCUT2D eigenvalue weighted by molar-refractivity contribution is 7.73. The Morgan fingerprint density at radius 2 is 1.96 bits per heavy atom. The molecule has 1 aliphatic heterocycles. The number of hydrogen-bond acceptors (Lipinski definition) is 7. The van der Waals surface area contributed by atoms with Gasteiger partial charge in [-0.05, 0) is 18.3 Å². The smallest absolute Gasteiger partial charge is 0.327 e. The number of aromatic nitrogens is 1. The molecule has 0 amide bonds.